The molecule has 11 nitrogen and oxygen atoms in total. The summed E-state index contributed by atoms with van der Waals surface area (Å²) < 4.78 is 19.6. The lowest BCUT2D eigenvalue weighted by Gasteiger charge is -2.41. The smallest absolute Gasteiger partial charge is 0.326 e. The van der Waals surface area contributed by atoms with Crippen LogP contribution in [0.2, 0.25) is 5.02 Å². The van der Waals surface area contributed by atoms with Crippen LogP contribution in [0.1, 0.15) is 61.4 Å². The first-order valence-electron chi connectivity index (χ1n) is 17.9. The quantitative estimate of drug-likeness (QED) is 0.126. The summed E-state index contributed by atoms with van der Waals surface area (Å²) in [6, 6.07) is 15.4. The third-order valence-electron chi connectivity index (χ3n) is 10.2. The molecule has 12 heteroatoms. The molecule has 53 heavy (non-hydrogen) atoms. The van der Waals surface area contributed by atoms with Crippen molar-refractivity contribution in [2.24, 2.45) is 5.92 Å². The number of ether oxygens (including phenoxy) is 3. The first kappa shape index (κ1) is 39.9. The number of aliphatic carboxylic acids is 1. The number of halogens is 1. The van der Waals surface area contributed by atoms with Gasteiger partial charge in [0.1, 0.15) is 41.9 Å². The van der Waals surface area contributed by atoms with Crippen molar-refractivity contribution in [3.05, 3.63) is 105 Å². The van der Waals surface area contributed by atoms with Gasteiger partial charge >= 0.3 is 5.97 Å². The molecule has 3 aromatic rings. The Kier molecular flexibility index (Phi) is 13.3. The van der Waals surface area contributed by atoms with Crippen LogP contribution in [0.25, 0.3) is 5.57 Å². The van der Waals surface area contributed by atoms with Crippen LogP contribution in [0.5, 0.6) is 11.5 Å². The number of aliphatic hydroxyl groups excluding tert-OH is 2. The summed E-state index contributed by atoms with van der Waals surface area (Å²) in [5.74, 6) is -0.598. The summed E-state index contributed by atoms with van der Waals surface area (Å²) in [6.07, 6.45) is 8.52. The minimum Gasteiger partial charge on any atom is -0.489 e. The van der Waals surface area contributed by atoms with Crippen molar-refractivity contribution in [2.45, 2.75) is 70.9 Å². The van der Waals surface area contributed by atoms with Gasteiger partial charge in [-0.1, -0.05) is 48.9 Å². The average Bonchev–Trinajstić information content (AvgIpc) is 3.58. The molecule has 1 aromatic heterocycles. The number of hydrogen-bond acceptors (Lipinski definition) is 10. The molecular weight excluding hydrogens is 696 g/mol. The number of allylic oxidation sites excluding steroid dienone is 2. The minimum atomic E-state index is -1.60. The van der Waals surface area contributed by atoms with Crippen LogP contribution in [0.3, 0.4) is 0 Å². The van der Waals surface area contributed by atoms with Crippen molar-refractivity contribution in [1.82, 2.24) is 15.2 Å². The highest BCUT2D eigenvalue weighted by atomic mass is 35.5. The Labute approximate surface area is 316 Å². The minimum absolute atomic E-state index is 0.0138. The lowest BCUT2D eigenvalue weighted by molar-refractivity contribution is -0.145. The van der Waals surface area contributed by atoms with Gasteiger partial charge in [-0.3, -0.25) is 15.1 Å². The maximum absolute atomic E-state index is 11.9. The average molecular weight is 745 g/mol. The number of β-amino-alcohol motifs (C(OH)–C–C–N with tert-alkyl or cyclic N) is 1. The number of carboxylic acids is 1. The molecule has 1 fully saturated rings. The second kappa shape index (κ2) is 17.7. The topological polar surface area (TPSA) is 157 Å². The van der Waals surface area contributed by atoms with E-state index < -0.39 is 23.7 Å². The maximum atomic E-state index is 11.9. The van der Waals surface area contributed by atoms with Gasteiger partial charge in [0.15, 0.2) is 0 Å². The Hall–Kier alpha value is -4.28. The fraction of sp³-hybridized carbons (Fsp3) is 0.439. The highest BCUT2D eigenvalue weighted by molar-refractivity contribution is 6.32. The third kappa shape index (κ3) is 9.64. The summed E-state index contributed by atoms with van der Waals surface area (Å²) >= 11 is 6.87. The van der Waals surface area contributed by atoms with E-state index in [1.807, 2.05) is 12.1 Å². The van der Waals surface area contributed by atoms with Gasteiger partial charge in [0.05, 0.1) is 23.3 Å². The number of likely N-dealkylation sites (tertiary alicyclic amines) is 1. The van der Waals surface area contributed by atoms with Gasteiger partial charge in [-0.2, -0.15) is 5.26 Å². The van der Waals surface area contributed by atoms with Crippen molar-refractivity contribution in [1.29, 1.82) is 5.26 Å². The van der Waals surface area contributed by atoms with Crippen molar-refractivity contribution in [2.75, 3.05) is 39.5 Å². The van der Waals surface area contributed by atoms with Gasteiger partial charge in [0.25, 0.3) is 0 Å². The maximum Gasteiger partial charge on any atom is 0.326 e. The highest BCUT2D eigenvalue weighted by Crippen LogP contribution is 2.43. The number of pyridine rings is 1. The molecule has 2 aliphatic rings. The molecule has 0 spiro atoms. The number of carboxylic acid groups (broad SMARTS) is 1. The monoisotopic (exact) mass is 744 g/mol. The first-order chi connectivity index (χ1) is 25.4. The number of aliphatic hydroxyl groups is 2. The van der Waals surface area contributed by atoms with E-state index >= 15 is 0 Å². The van der Waals surface area contributed by atoms with E-state index in [1.165, 1.54) is 18.7 Å². The molecule has 5 rings (SSSR count). The SMILES string of the molecule is CC1=C(c2ccccc2C)C(C)C(COc2cc(OCc3cncc(C#N)c3)c(CNC(C)(CO)C(=O)O)cc2Cl)(OCCCN2CC[C@@H](O)C2)C=C1. The van der Waals surface area contributed by atoms with Gasteiger partial charge in [-0.05, 0) is 74.1 Å². The molecular formula is C41H49ClN4O7. The summed E-state index contributed by atoms with van der Waals surface area (Å²) in [5, 5.41) is 42.1. The standard InChI is InChI=1S/C41H49ClN4O7/c1-27-8-5-6-9-34(27)38-28(2)10-12-41(29(38)3,53-15-7-13-46-14-11-33(48)23-46)26-52-37-18-36(51-24-31-16-30(19-43)20-44-21-31)32(17-35(37)42)22-45-40(4,25-47)39(49)50/h5-6,8-10,12,16-18,20-21,29,33,45,47-48H,7,11,13-15,22-26H2,1-4H3,(H,49,50)/t29?,33-,40?,41?/m1/s1. The molecule has 3 unspecified atom stereocenters. The molecule has 2 heterocycles. The van der Waals surface area contributed by atoms with Crippen molar-refractivity contribution in [3.63, 3.8) is 0 Å². The largest absolute Gasteiger partial charge is 0.489 e. The normalized spacial score (nSPS) is 21.3. The third-order valence-corrected chi connectivity index (χ3v) is 10.5. The second-order valence-electron chi connectivity index (χ2n) is 14.2. The van der Waals surface area contributed by atoms with E-state index in [4.69, 9.17) is 25.8 Å². The second-order valence-corrected chi connectivity index (χ2v) is 14.6. The predicted molar refractivity (Wildman–Crippen MR) is 203 cm³/mol. The van der Waals surface area contributed by atoms with Crippen LogP contribution in [0.4, 0.5) is 0 Å². The van der Waals surface area contributed by atoms with Crippen LogP contribution in [0.15, 0.2) is 72.6 Å². The van der Waals surface area contributed by atoms with Crippen LogP contribution in [0, 0.1) is 24.2 Å². The number of nitrogens with zero attached hydrogens (tertiary/aromatic N) is 3. The first-order valence-corrected chi connectivity index (χ1v) is 18.3. The van der Waals surface area contributed by atoms with E-state index in [9.17, 15) is 25.4 Å². The fourth-order valence-corrected chi connectivity index (χ4v) is 7.03. The zero-order valence-electron chi connectivity index (χ0n) is 30.8. The van der Waals surface area contributed by atoms with E-state index in [-0.39, 0.29) is 36.8 Å². The number of nitrogens with one attached hydrogen (secondary N) is 1. The highest BCUT2D eigenvalue weighted by Gasteiger charge is 2.42. The van der Waals surface area contributed by atoms with Gasteiger partial charge < -0.3 is 34.4 Å². The molecule has 1 aliphatic heterocycles. The molecule has 0 bridgehead atoms. The Morgan fingerprint density at radius 3 is 2.68 bits per heavy atom. The fourth-order valence-electron chi connectivity index (χ4n) is 6.79. The van der Waals surface area contributed by atoms with Crippen molar-refractivity contribution >= 4 is 23.1 Å². The number of hydrogen-bond donors (Lipinski definition) is 4. The molecule has 0 amide bonds. The molecule has 2 aromatic carbocycles. The predicted octanol–water partition coefficient (Wildman–Crippen LogP) is 5.69. The molecule has 0 radical (unpaired) electrons. The van der Waals surface area contributed by atoms with Crippen molar-refractivity contribution < 1.29 is 34.3 Å². The Morgan fingerprint density at radius 2 is 1.98 bits per heavy atom. The lowest BCUT2D eigenvalue weighted by Crippen LogP contribution is -2.52. The molecule has 1 saturated heterocycles. The van der Waals surface area contributed by atoms with Crippen LogP contribution < -0.4 is 14.8 Å². The van der Waals surface area contributed by atoms with E-state index in [1.54, 1.807) is 24.4 Å². The van der Waals surface area contributed by atoms with E-state index in [2.05, 4.69) is 66.3 Å². The van der Waals surface area contributed by atoms with Gasteiger partial charge in [-0.25, -0.2) is 0 Å². The lowest BCUT2D eigenvalue weighted by atomic mass is 9.74. The zero-order valence-corrected chi connectivity index (χ0v) is 31.5. The molecule has 0 saturated carbocycles. The zero-order chi connectivity index (χ0) is 38.2. The summed E-state index contributed by atoms with van der Waals surface area (Å²) in [5.41, 5.74) is 3.76. The number of nitriles is 1. The van der Waals surface area contributed by atoms with Gasteiger partial charge in [-0.15, -0.1) is 0 Å². The molecule has 4 atom stereocenters. The summed E-state index contributed by atoms with van der Waals surface area (Å²) in [6.45, 7) is 10.2. The van der Waals surface area contributed by atoms with Crippen LogP contribution in [-0.2, 0) is 22.7 Å². The Balaban J connectivity index is 1.43. The van der Waals surface area contributed by atoms with E-state index in [0.717, 1.165) is 42.6 Å². The molecule has 4 N–H and O–H groups in total. The Bertz CT molecular complexity index is 1880. The number of benzene rings is 2. The van der Waals surface area contributed by atoms with Crippen molar-refractivity contribution in [3.8, 4) is 17.6 Å². The number of rotatable bonds is 17. The van der Waals surface area contributed by atoms with Gasteiger partial charge in [0.2, 0.25) is 0 Å². The number of aryl methyl sites for hydroxylation is 1. The van der Waals surface area contributed by atoms with E-state index in [0.29, 0.717) is 41.3 Å². The van der Waals surface area contributed by atoms with Crippen LogP contribution >= 0.6 is 11.6 Å². The molecule has 1 aliphatic carbocycles. The Morgan fingerprint density at radius 1 is 1.19 bits per heavy atom. The summed E-state index contributed by atoms with van der Waals surface area (Å²) in [4.78, 5) is 18.3. The van der Waals surface area contributed by atoms with Gasteiger partial charge in [0, 0.05) is 68.3 Å². The molecule has 282 valence electrons. The van der Waals surface area contributed by atoms with Crippen LogP contribution in [-0.4, -0.2) is 87.9 Å². The number of aromatic nitrogens is 1. The summed E-state index contributed by atoms with van der Waals surface area (Å²) in [7, 11) is 0. The number of carbonyl (C=O) groups is 1.